The molecule has 24 heteroatoms. The van der Waals surface area contributed by atoms with E-state index < -0.39 is 0 Å². The van der Waals surface area contributed by atoms with Crippen molar-refractivity contribution in [2.45, 2.75) is 213 Å². The van der Waals surface area contributed by atoms with Gasteiger partial charge in [0.2, 0.25) is 24.4 Å². The monoisotopic (exact) mass is 1580 g/mol. The van der Waals surface area contributed by atoms with E-state index in [0.717, 1.165) is 197 Å². The highest BCUT2D eigenvalue weighted by Gasteiger charge is 2.34. The third-order valence-corrected chi connectivity index (χ3v) is 22.0. The number of hydrogen-bond donors (Lipinski definition) is 3. The Kier molecular flexibility index (Phi) is 26.3. The Balaban J connectivity index is 0.000000151. The normalized spacial score (nSPS) is 15.2. The highest BCUT2D eigenvalue weighted by molar-refractivity contribution is 5.78. The minimum atomic E-state index is -0.128. The van der Waals surface area contributed by atoms with Crippen LogP contribution in [0.3, 0.4) is 0 Å². The quantitative estimate of drug-likeness (QED) is 0.0432. The molecular formula is C92H118N12O12. The summed E-state index contributed by atoms with van der Waals surface area (Å²) in [6.45, 7) is 31.3. The van der Waals surface area contributed by atoms with E-state index >= 15 is 0 Å². The lowest BCUT2D eigenvalue weighted by atomic mass is 9.81. The number of aryl methyl sites for hydroxylation is 6. The number of rotatable bonds is 27. The van der Waals surface area contributed by atoms with Crippen LogP contribution in [0.1, 0.15) is 224 Å². The molecule has 9 aromatic rings. The summed E-state index contributed by atoms with van der Waals surface area (Å²) >= 11 is 0. The van der Waals surface area contributed by atoms with Gasteiger partial charge < -0.3 is 73.0 Å². The fourth-order valence-electron chi connectivity index (χ4n) is 16.0. The predicted molar refractivity (Wildman–Crippen MR) is 449 cm³/mol. The number of benzene rings is 3. The molecule has 3 N–H and O–H groups in total. The van der Waals surface area contributed by atoms with Gasteiger partial charge in [-0.15, -0.1) is 0 Å². The number of nitrogens with one attached hydrogen (secondary N) is 3. The van der Waals surface area contributed by atoms with Gasteiger partial charge >= 0.3 is 0 Å². The van der Waals surface area contributed by atoms with Crippen molar-refractivity contribution >= 4 is 34.8 Å². The Morgan fingerprint density at radius 2 is 0.698 bits per heavy atom. The average Bonchev–Trinajstić information content (AvgIpc) is 1.39. The van der Waals surface area contributed by atoms with Crippen LogP contribution < -0.4 is 58.6 Å². The largest absolute Gasteiger partial charge is 0.486 e. The van der Waals surface area contributed by atoms with E-state index in [0.29, 0.717) is 102 Å². The van der Waals surface area contributed by atoms with Crippen LogP contribution in [0, 0.1) is 0 Å². The number of anilines is 3. The lowest BCUT2D eigenvalue weighted by Gasteiger charge is -2.29. The number of ether oxygens (including phenoxy) is 9. The van der Waals surface area contributed by atoms with E-state index in [1.165, 1.54) is 16.7 Å². The molecule has 6 aliphatic rings. The third-order valence-electron chi connectivity index (χ3n) is 22.0. The number of aromatic nitrogens is 9. The molecule has 0 saturated carbocycles. The van der Waals surface area contributed by atoms with E-state index in [1.807, 2.05) is 57.5 Å². The summed E-state index contributed by atoms with van der Waals surface area (Å²) in [5.41, 5.74) is 15.7. The number of nitrogens with zero attached hydrogens (tertiary/aromatic N) is 9. The summed E-state index contributed by atoms with van der Waals surface area (Å²) in [6, 6.07) is 31.4. The second-order valence-corrected chi connectivity index (χ2v) is 34.8. The topological polar surface area (TPSA) is 262 Å². The van der Waals surface area contributed by atoms with Gasteiger partial charge in [-0.1, -0.05) is 98.7 Å². The molecule has 0 saturated heterocycles. The van der Waals surface area contributed by atoms with Gasteiger partial charge in [-0.25, -0.2) is 29.0 Å². The Morgan fingerprint density at radius 3 is 1.01 bits per heavy atom. The molecule has 0 spiro atoms. The van der Waals surface area contributed by atoms with Crippen LogP contribution >= 0.6 is 0 Å². The molecule has 15 rings (SSSR count). The summed E-state index contributed by atoms with van der Waals surface area (Å²) in [4.78, 5) is 51.2. The molecule has 0 amide bonds. The molecule has 116 heavy (non-hydrogen) atoms. The van der Waals surface area contributed by atoms with Crippen molar-refractivity contribution in [3.8, 4) is 52.1 Å². The lowest BCUT2D eigenvalue weighted by Crippen LogP contribution is -2.22. The Labute approximate surface area is 683 Å². The van der Waals surface area contributed by atoms with Crippen LogP contribution in [0.4, 0.5) is 17.5 Å². The molecule has 24 nitrogen and oxygen atoms in total. The van der Waals surface area contributed by atoms with Crippen LogP contribution in [0.2, 0.25) is 0 Å². The summed E-state index contributed by atoms with van der Waals surface area (Å²) in [5.74, 6) is 10.2. The number of fused-ring (bicyclic) bond motifs is 6. The number of Topliss-reactive ketones (excluding diaryl/α,β-unsaturated/α-hetero) is 3. The molecule has 6 aromatic heterocycles. The molecular weight excluding hydrogens is 1470 g/mol. The number of pyridine rings is 3. The lowest BCUT2D eigenvalue weighted by molar-refractivity contribution is -0.118. The molecule has 0 bridgehead atoms. The van der Waals surface area contributed by atoms with Crippen LogP contribution in [-0.2, 0) is 110 Å². The maximum Gasteiger partial charge on any atom is 0.231 e. The zero-order valence-electron chi connectivity index (χ0n) is 70.7. The van der Waals surface area contributed by atoms with Gasteiger partial charge in [0.25, 0.3) is 0 Å². The smallest absolute Gasteiger partial charge is 0.231 e. The molecule has 2 unspecified atom stereocenters. The summed E-state index contributed by atoms with van der Waals surface area (Å²) in [6.07, 6.45) is 12.0. The van der Waals surface area contributed by atoms with Crippen LogP contribution in [0.15, 0.2) is 91.0 Å². The van der Waals surface area contributed by atoms with Crippen LogP contribution in [-0.4, -0.2) is 134 Å². The Hall–Kier alpha value is -10.7. The maximum absolute atomic E-state index is 12.3. The van der Waals surface area contributed by atoms with Crippen molar-refractivity contribution in [2.24, 2.45) is 21.1 Å². The standard InChI is InChI=1S/2C31H40N4O4.C30H38N4O4/c2*1-20(36)15-22(23-17-26(31(2,3)4)29-27(18-23)37-13-14-39-29)16-25-19-28(35(5)34-25)38-12-10-24-9-8-21-7-6-11-32-30(21)33-24;1-19(35)13-21(22-15-25(30(2,3)4)28-26(16-22)37-18-38-28)14-24-17-27(34(5)33-24)36-12-10-23-9-8-20-7-6-11-31-29(20)32-23/h2*8-9,17-19,22H,6-7,10-16H2,1-5H3,(H,32,33);8-9,15-17,21H,6-7,10-14,18H2,1-5H3,(H,31,32)/t22-;;/m1../s1. The number of carbonyl (C=O) groups is 3. The van der Waals surface area contributed by atoms with Crippen molar-refractivity contribution in [3.63, 3.8) is 0 Å². The first-order chi connectivity index (χ1) is 55.5. The van der Waals surface area contributed by atoms with E-state index in [1.54, 1.807) is 34.8 Å². The molecule has 0 radical (unpaired) electrons. The maximum atomic E-state index is 12.3. The second kappa shape index (κ2) is 36.7. The fraction of sp³-hybridized carbons (Fsp3) is 0.511. The van der Waals surface area contributed by atoms with Gasteiger partial charge in [0.15, 0.2) is 34.5 Å². The number of hydrogen-bond acceptors (Lipinski definition) is 21. The minimum absolute atomic E-state index is 0.0296. The molecule has 3 atom stereocenters. The Morgan fingerprint density at radius 1 is 0.397 bits per heavy atom. The summed E-state index contributed by atoms with van der Waals surface area (Å²) in [7, 11) is 5.67. The molecule has 0 fully saturated rings. The average molecular weight is 1580 g/mol. The zero-order valence-corrected chi connectivity index (χ0v) is 70.7. The van der Waals surface area contributed by atoms with E-state index in [4.69, 9.17) is 72.9 Å². The fourth-order valence-corrected chi connectivity index (χ4v) is 16.0. The van der Waals surface area contributed by atoms with Crippen LogP contribution in [0.5, 0.6) is 52.1 Å². The number of ketones is 3. The first-order valence-corrected chi connectivity index (χ1v) is 41.5. The Bertz CT molecular complexity index is 4770. The van der Waals surface area contributed by atoms with Gasteiger partial charge in [0.05, 0.1) is 36.9 Å². The molecule has 618 valence electrons. The summed E-state index contributed by atoms with van der Waals surface area (Å²) < 4.78 is 59.1. The van der Waals surface area contributed by atoms with E-state index in [-0.39, 0.29) is 58.1 Å². The van der Waals surface area contributed by atoms with E-state index in [2.05, 4.69) is 133 Å². The van der Waals surface area contributed by atoms with Gasteiger partial charge in [-0.3, -0.25) is 0 Å². The van der Waals surface area contributed by atoms with Crippen molar-refractivity contribution < 1.29 is 57.0 Å². The first-order valence-electron chi connectivity index (χ1n) is 41.5. The number of carbonyl (C=O) groups excluding carboxylic acids is 3. The second-order valence-electron chi connectivity index (χ2n) is 34.8. The van der Waals surface area contributed by atoms with Gasteiger partial charge in [-0.05, 0) is 182 Å². The minimum Gasteiger partial charge on any atom is -0.486 e. The molecule has 3 aromatic carbocycles. The highest BCUT2D eigenvalue weighted by Crippen LogP contribution is 2.48. The SMILES string of the molecule is CC(=O)CC(Cc1cc(OCCc2ccc3c(n2)NCCC3)n(C)n1)c1cc2c(c(C(C)(C)C)c1)OCCO2.CC(=O)CC(Cc1cc(OCCc2ccc3c(n2)NCCC3)n(C)n1)c1cc2c(c(C(C)(C)C)c1)OCO2.CC(=O)C[C@H](Cc1cc(OCCc2ccc3c(n2)NCCC3)n(C)n1)c1cc2c(c(C(C)(C)C)c1)OCCO2. The molecule has 6 aliphatic heterocycles. The van der Waals surface area contributed by atoms with Gasteiger partial charge in [0, 0.05) is 131 Å². The first kappa shape index (κ1) is 83.3. The van der Waals surface area contributed by atoms with E-state index in [9.17, 15) is 14.4 Å². The van der Waals surface area contributed by atoms with Crippen molar-refractivity contribution in [1.29, 1.82) is 0 Å². The summed E-state index contributed by atoms with van der Waals surface area (Å²) in [5, 5.41) is 24.3. The van der Waals surface area contributed by atoms with Crippen molar-refractivity contribution in [2.75, 3.05) is 88.6 Å². The zero-order chi connectivity index (χ0) is 82.0. The van der Waals surface area contributed by atoms with Crippen molar-refractivity contribution in [3.05, 3.63) is 175 Å². The van der Waals surface area contributed by atoms with Crippen molar-refractivity contribution in [1.82, 2.24) is 44.3 Å². The predicted octanol–water partition coefficient (Wildman–Crippen LogP) is 15.5. The van der Waals surface area contributed by atoms with Crippen LogP contribution in [0.25, 0.3) is 0 Å². The third kappa shape index (κ3) is 21.3. The molecule has 12 heterocycles. The van der Waals surface area contributed by atoms with Gasteiger partial charge in [-0.2, -0.15) is 15.3 Å². The molecule has 0 aliphatic carbocycles. The van der Waals surface area contributed by atoms with Gasteiger partial charge in [0.1, 0.15) is 61.2 Å². The highest BCUT2D eigenvalue weighted by atomic mass is 16.7.